The molecule has 0 N–H and O–H groups in total. The van der Waals surface area contributed by atoms with Crippen molar-refractivity contribution in [3.8, 4) is 0 Å². The fraction of sp³-hybridized carbons (Fsp3) is 0.412. The molecule has 1 aromatic heterocycles. The number of rotatable bonds is 3. The second-order valence-electron chi connectivity index (χ2n) is 5.84. The third-order valence-corrected chi connectivity index (χ3v) is 4.60. The molecule has 0 fully saturated rings. The molecule has 2 heterocycles. The normalized spacial score (nSPS) is 15.2. The highest BCUT2D eigenvalue weighted by Gasteiger charge is 2.23. The molecule has 2 aromatic rings. The predicted octanol–water partition coefficient (Wildman–Crippen LogP) is 3.71. The van der Waals surface area contributed by atoms with Crippen LogP contribution in [-0.2, 0) is 13.0 Å². The molecule has 1 atom stereocenters. The number of fused-ring (bicyclic) bond motifs is 1. The average molecular weight is 318 g/mol. The van der Waals surface area contributed by atoms with Crippen molar-refractivity contribution in [2.45, 2.75) is 38.8 Å². The summed E-state index contributed by atoms with van der Waals surface area (Å²) < 4.78 is 2.11. The summed E-state index contributed by atoms with van der Waals surface area (Å²) in [5, 5.41) is 0.683. The molecule has 0 aliphatic carbocycles. The third kappa shape index (κ3) is 2.88. The molecule has 1 unspecified atom stereocenters. The van der Waals surface area contributed by atoms with Gasteiger partial charge in [0.15, 0.2) is 0 Å². The summed E-state index contributed by atoms with van der Waals surface area (Å²) in [6.45, 7) is 2.96. The second-order valence-corrected chi connectivity index (χ2v) is 6.28. The highest BCUT2D eigenvalue weighted by molar-refractivity contribution is 6.30. The lowest BCUT2D eigenvalue weighted by Gasteiger charge is -2.24. The molecular formula is C17H20ClN3O. The van der Waals surface area contributed by atoms with E-state index in [2.05, 4.69) is 9.55 Å². The van der Waals surface area contributed by atoms with Gasteiger partial charge in [-0.25, -0.2) is 4.98 Å². The Labute approximate surface area is 135 Å². The summed E-state index contributed by atoms with van der Waals surface area (Å²) in [5.74, 6) is 0.979. The molecule has 1 aliphatic heterocycles. The van der Waals surface area contributed by atoms with Gasteiger partial charge in [-0.1, -0.05) is 23.7 Å². The Balaban J connectivity index is 1.80. The van der Waals surface area contributed by atoms with Gasteiger partial charge in [-0.15, -0.1) is 0 Å². The maximum Gasteiger partial charge on any atom is 0.274 e. The van der Waals surface area contributed by atoms with Gasteiger partial charge < -0.3 is 9.47 Å². The number of halogens is 1. The van der Waals surface area contributed by atoms with E-state index in [4.69, 9.17) is 11.6 Å². The van der Waals surface area contributed by atoms with E-state index in [9.17, 15) is 4.79 Å². The maximum absolute atomic E-state index is 12.7. The van der Waals surface area contributed by atoms with E-state index in [1.165, 1.54) is 0 Å². The van der Waals surface area contributed by atoms with Crippen LogP contribution in [0.3, 0.4) is 0 Å². The van der Waals surface area contributed by atoms with Crippen LogP contribution in [0.2, 0.25) is 5.02 Å². The molecule has 0 radical (unpaired) electrons. The van der Waals surface area contributed by atoms with Crippen molar-refractivity contribution in [1.29, 1.82) is 0 Å². The van der Waals surface area contributed by atoms with Crippen LogP contribution in [0.1, 0.15) is 47.7 Å². The number of imidazole rings is 1. The molecule has 116 valence electrons. The number of aryl methyl sites for hydroxylation is 2. The fourth-order valence-corrected chi connectivity index (χ4v) is 3.06. The van der Waals surface area contributed by atoms with Crippen LogP contribution < -0.4 is 0 Å². The van der Waals surface area contributed by atoms with E-state index in [-0.39, 0.29) is 11.9 Å². The second kappa shape index (κ2) is 6.13. The molecule has 1 aromatic carbocycles. The van der Waals surface area contributed by atoms with Crippen molar-refractivity contribution < 1.29 is 4.79 Å². The van der Waals surface area contributed by atoms with Crippen LogP contribution in [0.5, 0.6) is 0 Å². The van der Waals surface area contributed by atoms with Crippen molar-refractivity contribution >= 4 is 17.5 Å². The number of carbonyl (C=O) groups is 1. The van der Waals surface area contributed by atoms with Gasteiger partial charge >= 0.3 is 0 Å². The van der Waals surface area contributed by atoms with Crippen molar-refractivity contribution in [3.63, 3.8) is 0 Å². The molecule has 5 heteroatoms. The van der Waals surface area contributed by atoms with E-state index in [1.807, 2.05) is 44.4 Å². The van der Waals surface area contributed by atoms with Crippen molar-refractivity contribution in [3.05, 3.63) is 52.6 Å². The summed E-state index contributed by atoms with van der Waals surface area (Å²) in [6.07, 6.45) is 5.16. The Hall–Kier alpha value is -1.81. The topological polar surface area (TPSA) is 38.1 Å². The molecule has 0 saturated carbocycles. The average Bonchev–Trinajstić information content (AvgIpc) is 2.96. The number of carbonyl (C=O) groups excluding carboxylic acids is 1. The quantitative estimate of drug-likeness (QED) is 0.865. The highest BCUT2D eigenvalue weighted by atomic mass is 35.5. The van der Waals surface area contributed by atoms with Crippen LogP contribution in [0, 0.1) is 0 Å². The van der Waals surface area contributed by atoms with Gasteiger partial charge in [-0.3, -0.25) is 4.79 Å². The largest absolute Gasteiger partial charge is 0.334 e. The standard InChI is InChI=1S/C17H20ClN3O/c1-12(13-6-5-7-14(18)10-13)20(2)17(22)15-11-21-9-4-3-8-16(21)19-15/h5-7,10-12H,3-4,8-9H2,1-2H3. The van der Waals surface area contributed by atoms with Gasteiger partial charge in [0, 0.05) is 31.2 Å². The number of hydrogen-bond acceptors (Lipinski definition) is 2. The lowest BCUT2D eigenvalue weighted by Crippen LogP contribution is -2.30. The van der Waals surface area contributed by atoms with Gasteiger partial charge in [-0.2, -0.15) is 0 Å². The van der Waals surface area contributed by atoms with Gasteiger partial charge in [0.05, 0.1) is 6.04 Å². The molecule has 0 bridgehead atoms. The lowest BCUT2D eigenvalue weighted by molar-refractivity contribution is 0.0737. The van der Waals surface area contributed by atoms with Crippen LogP contribution >= 0.6 is 11.6 Å². The minimum absolute atomic E-state index is 0.0469. The predicted molar refractivity (Wildman–Crippen MR) is 87.1 cm³/mol. The van der Waals surface area contributed by atoms with Gasteiger partial charge in [-0.05, 0) is 37.5 Å². The SMILES string of the molecule is CC(c1cccc(Cl)c1)N(C)C(=O)c1cn2c(n1)CCCC2. The zero-order valence-electron chi connectivity index (χ0n) is 12.9. The molecule has 1 amide bonds. The molecular weight excluding hydrogens is 298 g/mol. The van der Waals surface area contributed by atoms with Crippen molar-refractivity contribution in [2.75, 3.05) is 7.05 Å². The Kier molecular flexibility index (Phi) is 4.21. The van der Waals surface area contributed by atoms with Gasteiger partial charge in [0.25, 0.3) is 5.91 Å². The first-order valence-corrected chi connectivity index (χ1v) is 8.02. The van der Waals surface area contributed by atoms with Crippen molar-refractivity contribution in [1.82, 2.24) is 14.5 Å². The number of aromatic nitrogens is 2. The Morgan fingerprint density at radius 2 is 2.23 bits per heavy atom. The van der Waals surface area contributed by atoms with Crippen LogP contribution in [0.4, 0.5) is 0 Å². The lowest BCUT2D eigenvalue weighted by atomic mass is 10.1. The molecule has 0 saturated heterocycles. The first-order valence-electron chi connectivity index (χ1n) is 7.65. The first-order chi connectivity index (χ1) is 10.6. The summed E-state index contributed by atoms with van der Waals surface area (Å²) in [6, 6.07) is 7.57. The van der Waals surface area contributed by atoms with Crippen LogP contribution in [0.15, 0.2) is 30.5 Å². The van der Waals surface area contributed by atoms with Gasteiger partial charge in [0.2, 0.25) is 0 Å². The molecule has 1 aliphatic rings. The molecule has 4 nitrogen and oxygen atoms in total. The molecule has 0 spiro atoms. The van der Waals surface area contributed by atoms with E-state index >= 15 is 0 Å². The van der Waals surface area contributed by atoms with E-state index < -0.39 is 0 Å². The Morgan fingerprint density at radius 3 is 2.95 bits per heavy atom. The Morgan fingerprint density at radius 1 is 1.41 bits per heavy atom. The zero-order valence-corrected chi connectivity index (χ0v) is 13.7. The smallest absolute Gasteiger partial charge is 0.274 e. The number of nitrogens with zero attached hydrogens (tertiary/aromatic N) is 3. The molecule has 3 rings (SSSR count). The number of amides is 1. The summed E-state index contributed by atoms with van der Waals surface area (Å²) in [7, 11) is 1.81. The first kappa shape index (κ1) is 15.1. The van der Waals surface area contributed by atoms with Crippen molar-refractivity contribution in [2.24, 2.45) is 0 Å². The zero-order chi connectivity index (χ0) is 15.7. The van der Waals surface area contributed by atoms with Gasteiger partial charge in [0.1, 0.15) is 11.5 Å². The highest BCUT2D eigenvalue weighted by Crippen LogP contribution is 2.24. The van der Waals surface area contributed by atoms with Crippen LogP contribution in [-0.4, -0.2) is 27.4 Å². The minimum atomic E-state index is -0.0510. The monoisotopic (exact) mass is 317 g/mol. The Bertz CT molecular complexity index is 671. The van der Waals surface area contributed by atoms with Crippen LogP contribution in [0.25, 0.3) is 0 Å². The summed E-state index contributed by atoms with van der Waals surface area (Å²) in [5.41, 5.74) is 1.56. The number of hydrogen-bond donors (Lipinski definition) is 0. The number of benzene rings is 1. The van der Waals surface area contributed by atoms with E-state index in [0.29, 0.717) is 10.7 Å². The molecule has 22 heavy (non-hydrogen) atoms. The van der Waals surface area contributed by atoms with E-state index in [1.54, 1.807) is 4.90 Å². The maximum atomic E-state index is 12.7. The summed E-state index contributed by atoms with van der Waals surface area (Å²) in [4.78, 5) is 18.9. The fourth-order valence-electron chi connectivity index (χ4n) is 2.86. The summed E-state index contributed by atoms with van der Waals surface area (Å²) >= 11 is 6.04. The van der Waals surface area contributed by atoms with E-state index in [0.717, 1.165) is 37.2 Å². The third-order valence-electron chi connectivity index (χ3n) is 4.36. The minimum Gasteiger partial charge on any atom is -0.334 e.